The monoisotopic (exact) mass is 440 g/mol. The first-order chi connectivity index (χ1) is 15.9. The fraction of sp³-hybridized carbons (Fsp3) is 0.115. The Balaban J connectivity index is 1.48. The number of aryl methyl sites for hydroxylation is 2. The van der Waals surface area contributed by atoms with Crippen LogP contribution in [0.3, 0.4) is 0 Å². The Morgan fingerprint density at radius 2 is 2.00 bits per heavy atom. The van der Waals surface area contributed by atoms with E-state index in [4.69, 9.17) is 14.2 Å². The average Bonchev–Trinajstić information content (AvgIpc) is 3.30. The molecule has 5 rings (SSSR count). The van der Waals surface area contributed by atoms with Crippen molar-refractivity contribution < 1.29 is 23.8 Å². The van der Waals surface area contributed by atoms with Gasteiger partial charge < -0.3 is 18.8 Å². The zero-order valence-corrected chi connectivity index (χ0v) is 18.3. The molecular formula is C26H20N2O5. The third-order valence-electron chi connectivity index (χ3n) is 5.57. The molecule has 0 N–H and O–H groups in total. The fourth-order valence-electron chi connectivity index (χ4n) is 3.97. The largest absolute Gasteiger partial charge is 0.497 e. The highest BCUT2D eigenvalue weighted by molar-refractivity contribution is 6.16. The third-order valence-corrected chi connectivity index (χ3v) is 5.57. The number of aromatic nitrogens is 2. The van der Waals surface area contributed by atoms with Gasteiger partial charge in [0.1, 0.15) is 17.2 Å². The first-order valence-electron chi connectivity index (χ1n) is 10.3. The number of methoxy groups -OCH3 is 1. The molecule has 0 bridgehead atoms. The molecule has 0 saturated heterocycles. The van der Waals surface area contributed by atoms with E-state index in [0.717, 1.165) is 22.2 Å². The summed E-state index contributed by atoms with van der Waals surface area (Å²) < 4.78 is 18.7. The average molecular weight is 440 g/mol. The van der Waals surface area contributed by atoms with Crippen molar-refractivity contribution >= 4 is 28.7 Å². The molecular weight excluding hydrogens is 420 g/mol. The van der Waals surface area contributed by atoms with E-state index in [-0.39, 0.29) is 11.5 Å². The number of rotatable bonds is 4. The van der Waals surface area contributed by atoms with Crippen LogP contribution in [-0.4, -0.2) is 28.4 Å². The van der Waals surface area contributed by atoms with Crippen molar-refractivity contribution in [2.45, 2.75) is 6.92 Å². The minimum absolute atomic E-state index is 0.208. The van der Waals surface area contributed by atoms with Gasteiger partial charge in [0.05, 0.1) is 18.2 Å². The number of allylic oxidation sites excluding steroid dienone is 1. The molecule has 7 heteroatoms. The number of ether oxygens (including phenoxy) is 3. The minimum Gasteiger partial charge on any atom is -0.497 e. The molecule has 3 heterocycles. The van der Waals surface area contributed by atoms with Gasteiger partial charge in [-0.15, -0.1) is 0 Å². The second-order valence-electron chi connectivity index (χ2n) is 7.76. The number of benzene rings is 2. The van der Waals surface area contributed by atoms with Crippen LogP contribution in [0, 0.1) is 6.92 Å². The third kappa shape index (κ3) is 3.63. The maximum absolute atomic E-state index is 13.1. The lowest BCUT2D eigenvalue weighted by Crippen LogP contribution is -2.09. The number of carbonyl (C=O) groups excluding carboxylic acids is 2. The molecule has 4 aromatic rings. The number of carbonyl (C=O) groups is 2. The zero-order valence-electron chi connectivity index (χ0n) is 18.3. The topological polar surface area (TPSA) is 79.7 Å². The van der Waals surface area contributed by atoms with Crippen molar-refractivity contribution in [3.05, 3.63) is 89.1 Å². The van der Waals surface area contributed by atoms with Gasteiger partial charge in [0.25, 0.3) is 0 Å². The molecule has 0 saturated carbocycles. The highest BCUT2D eigenvalue weighted by atomic mass is 16.5. The van der Waals surface area contributed by atoms with E-state index in [1.165, 1.54) is 6.20 Å². The van der Waals surface area contributed by atoms with E-state index < -0.39 is 5.97 Å². The molecule has 0 amide bonds. The number of fused-ring (bicyclic) bond motifs is 2. The number of hydrogen-bond acceptors (Lipinski definition) is 6. The van der Waals surface area contributed by atoms with Crippen molar-refractivity contribution in [3.63, 3.8) is 0 Å². The highest BCUT2D eigenvalue weighted by Crippen LogP contribution is 2.38. The summed E-state index contributed by atoms with van der Waals surface area (Å²) in [6.45, 7) is 1.78. The van der Waals surface area contributed by atoms with Crippen molar-refractivity contribution in [2.24, 2.45) is 7.05 Å². The lowest BCUT2D eigenvalue weighted by molar-refractivity contribution is 0.0734. The summed E-state index contributed by atoms with van der Waals surface area (Å²) in [4.78, 5) is 29.4. The van der Waals surface area contributed by atoms with E-state index in [2.05, 4.69) is 4.98 Å². The Morgan fingerprint density at radius 1 is 1.15 bits per heavy atom. The normalized spacial score (nSPS) is 13.8. The molecule has 0 fully saturated rings. The summed E-state index contributed by atoms with van der Waals surface area (Å²) >= 11 is 0. The van der Waals surface area contributed by atoms with Gasteiger partial charge in [0.2, 0.25) is 5.78 Å². The summed E-state index contributed by atoms with van der Waals surface area (Å²) in [6.07, 6.45) is 6.67. The van der Waals surface area contributed by atoms with Crippen LogP contribution in [0.25, 0.3) is 17.0 Å². The summed E-state index contributed by atoms with van der Waals surface area (Å²) in [5.41, 5.74) is 3.30. The van der Waals surface area contributed by atoms with Crippen LogP contribution >= 0.6 is 0 Å². The number of esters is 1. The van der Waals surface area contributed by atoms with Gasteiger partial charge in [-0.25, -0.2) is 4.79 Å². The molecule has 0 spiro atoms. The number of Topliss-reactive ketones (excluding diaryl/α,β-unsaturated/α-hetero) is 1. The minimum atomic E-state index is -0.535. The predicted octanol–water partition coefficient (Wildman–Crippen LogP) is 4.73. The lowest BCUT2D eigenvalue weighted by Gasteiger charge is -2.07. The van der Waals surface area contributed by atoms with Crippen LogP contribution in [0.15, 0.2) is 66.8 Å². The van der Waals surface area contributed by atoms with Gasteiger partial charge in [0.15, 0.2) is 5.76 Å². The number of nitrogens with zero attached hydrogens (tertiary/aromatic N) is 2. The highest BCUT2D eigenvalue weighted by Gasteiger charge is 2.30. The lowest BCUT2D eigenvalue weighted by atomic mass is 10.0. The van der Waals surface area contributed by atoms with E-state index in [1.807, 2.05) is 36.0 Å². The van der Waals surface area contributed by atoms with Crippen LogP contribution in [0.4, 0.5) is 0 Å². The molecule has 164 valence electrons. The van der Waals surface area contributed by atoms with Crippen molar-refractivity contribution in [1.82, 2.24) is 9.55 Å². The Morgan fingerprint density at radius 3 is 2.76 bits per heavy atom. The van der Waals surface area contributed by atoms with E-state index in [0.29, 0.717) is 28.2 Å². The van der Waals surface area contributed by atoms with Crippen LogP contribution in [0.5, 0.6) is 17.2 Å². The smallest absolute Gasteiger partial charge is 0.345 e. The van der Waals surface area contributed by atoms with Gasteiger partial charge in [0, 0.05) is 48.2 Å². The molecule has 0 unspecified atom stereocenters. The Bertz CT molecular complexity index is 1450. The van der Waals surface area contributed by atoms with E-state index >= 15 is 0 Å². The Labute approximate surface area is 189 Å². The molecule has 1 aliphatic heterocycles. The van der Waals surface area contributed by atoms with Crippen LogP contribution < -0.4 is 14.2 Å². The molecule has 0 radical (unpaired) electrons. The molecule has 7 nitrogen and oxygen atoms in total. The standard InChI is InChI=1S/C26H20N2O5/c1-15-9-19(32-26(30)16-5-4-8-27-13-16)12-22-24(15)25(29)23(33-22)10-17-14-28(2)21-7-6-18(31-3)11-20(17)21/h4-14H,1-3H3/b23-10-. The van der Waals surface area contributed by atoms with Crippen LogP contribution in [0.1, 0.15) is 31.8 Å². The van der Waals surface area contributed by atoms with E-state index in [9.17, 15) is 9.59 Å². The van der Waals surface area contributed by atoms with Crippen molar-refractivity contribution in [2.75, 3.05) is 7.11 Å². The quantitative estimate of drug-likeness (QED) is 0.259. The second-order valence-corrected chi connectivity index (χ2v) is 7.76. The molecule has 0 atom stereocenters. The first-order valence-corrected chi connectivity index (χ1v) is 10.3. The maximum atomic E-state index is 13.1. The summed E-state index contributed by atoms with van der Waals surface area (Å²) in [6, 6.07) is 12.3. The summed E-state index contributed by atoms with van der Waals surface area (Å²) in [5, 5.41) is 0.944. The van der Waals surface area contributed by atoms with Crippen molar-refractivity contribution in [3.8, 4) is 17.2 Å². The summed E-state index contributed by atoms with van der Waals surface area (Å²) in [7, 11) is 3.56. The molecule has 2 aromatic carbocycles. The van der Waals surface area contributed by atoms with Gasteiger partial charge in [-0.3, -0.25) is 9.78 Å². The van der Waals surface area contributed by atoms with Crippen LogP contribution in [0.2, 0.25) is 0 Å². The van der Waals surface area contributed by atoms with Gasteiger partial charge in [-0.1, -0.05) is 0 Å². The Hall–Kier alpha value is -4.39. The predicted molar refractivity (Wildman–Crippen MR) is 123 cm³/mol. The van der Waals surface area contributed by atoms with Gasteiger partial charge in [-0.2, -0.15) is 0 Å². The van der Waals surface area contributed by atoms with E-state index in [1.54, 1.807) is 50.6 Å². The molecule has 0 aliphatic carbocycles. The molecule has 1 aliphatic rings. The molecule has 33 heavy (non-hydrogen) atoms. The second kappa shape index (κ2) is 7.94. The maximum Gasteiger partial charge on any atom is 0.345 e. The number of ketones is 1. The van der Waals surface area contributed by atoms with Crippen molar-refractivity contribution in [1.29, 1.82) is 0 Å². The fourth-order valence-corrected chi connectivity index (χ4v) is 3.97. The SMILES string of the molecule is COc1ccc2c(c1)c(/C=C1\Oc3cc(OC(=O)c4cccnc4)cc(C)c3C1=O)cn2C. The number of hydrogen-bond donors (Lipinski definition) is 0. The summed E-state index contributed by atoms with van der Waals surface area (Å²) in [5.74, 6) is 0.840. The zero-order chi connectivity index (χ0) is 23.1. The number of pyridine rings is 1. The van der Waals surface area contributed by atoms with Crippen LogP contribution in [-0.2, 0) is 7.05 Å². The van der Waals surface area contributed by atoms with Gasteiger partial charge in [-0.05, 0) is 55.0 Å². The van der Waals surface area contributed by atoms with Gasteiger partial charge >= 0.3 is 5.97 Å². The first kappa shape index (κ1) is 20.5. The molecule has 2 aromatic heterocycles. The Kier molecular flexibility index (Phi) is 4.94.